The standard InChI is InChI=1S/C15H22N2O/c1-15(2,3)17-10-9-16(12-17)11-14(18)13-7-5-4-6-8-13/h4-10,14,18H,11-12H2,1-3H3/t14-/m1/s1. The summed E-state index contributed by atoms with van der Waals surface area (Å²) in [5.41, 5.74) is 1.10. The summed E-state index contributed by atoms with van der Waals surface area (Å²) in [6, 6.07) is 9.81. The van der Waals surface area contributed by atoms with Crippen molar-refractivity contribution in [3.8, 4) is 0 Å². The van der Waals surface area contributed by atoms with Crippen LogP contribution in [0.5, 0.6) is 0 Å². The molecule has 98 valence electrons. The van der Waals surface area contributed by atoms with E-state index in [1.165, 1.54) is 0 Å². The van der Waals surface area contributed by atoms with E-state index in [-0.39, 0.29) is 5.54 Å². The number of benzene rings is 1. The van der Waals surface area contributed by atoms with Crippen LogP contribution in [0.1, 0.15) is 32.4 Å². The Morgan fingerprint density at radius 3 is 2.39 bits per heavy atom. The molecular formula is C15H22N2O. The Kier molecular flexibility index (Phi) is 3.62. The maximum Gasteiger partial charge on any atom is 0.0965 e. The van der Waals surface area contributed by atoms with Gasteiger partial charge in [0.25, 0.3) is 0 Å². The van der Waals surface area contributed by atoms with Crippen LogP contribution in [0.3, 0.4) is 0 Å². The smallest absolute Gasteiger partial charge is 0.0965 e. The summed E-state index contributed by atoms with van der Waals surface area (Å²) in [5.74, 6) is 0. The number of β-amino-alcohol motifs (C(OH)–C–C–N with tert-alkyl or cyclic N) is 1. The number of aliphatic hydroxyl groups excluding tert-OH is 1. The van der Waals surface area contributed by atoms with Gasteiger partial charge >= 0.3 is 0 Å². The lowest BCUT2D eigenvalue weighted by molar-refractivity contribution is 0.103. The Morgan fingerprint density at radius 1 is 1.17 bits per heavy atom. The first-order chi connectivity index (χ1) is 8.47. The van der Waals surface area contributed by atoms with Gasteiger partial charge in [0.15, 0.2) is 0 Å². The van der Waals surface area contributed by atoms with Crippen LogP contribution in [-0.2, 0) is 0 Å². The van der Waals surface area contributed by atoms with E-state index in [9.17, 15) is 5.11 Å². The van der Waals surface area contributed by atoms with Gasteiger partial charge in [0, 0.05) is 24.5 Å². The minimum atomic E-state index is -0.434. The second kappa shape index (κ2) is 5.02. The molecule has 18 heavy (non-hydrogen) atoms. The Labute approximate surface area is 109 Å². The highest BCUT2D eigenvalue weighted by Gasteiger charge is 2.24. The molecule has 0 spiro atoms. The third kappa shape index (κ3) is 3.05. The zero-order valence-electron chi connectivity index (χ0n) is 11.4. The van der Waals surface area contributed by atoms with Crippen LogP contribution in [0.2, 0.25) is 0 Å². The first kappa shape index (κ1) is 13.0. The summed E-state index contributed by atoms with van der Waals surface area (Å²) in [5, 5.41) is 10.2. The van der Waals surface area contributed by atoms with Crippen molar-refractivity contribution in [2.45, 2.75) is 32.4 Å². The highest BCUT2D eigenvalue weighted by molar-refractivity contribution is 5.17. The Morgan fingerprint density at radius 2 is 1.83 bits per heavy atom. The Hall–Kier alpha value is -1.48. The molecule has 2 rings (SSSR count). The van der Waals surface area contributed by atoms with Crippen LogP contribution in [0.4, 0.5) is 0 Å². The van der Waals surface area contributed by atoms with Crippen molar-refractivity contribution in [2.24, 2.45) is 0 Å². The van der Waals surface area contributed by atoms with Crippen molar-refractivity contribution in [1.29, 1.82) is 0 Å². The molecule has 3 nitrogen and oxygen atoms in total. The molecule has 0 fully saturated rings. The van der Waals surface area contributed by atoms with E-state index in [0.29, 0.717) is 6.54 Å². The molecule has 0 bridgehead atoms. The molecule has 1 heterocycles. The third-order valence-electron chi connectivity index (χ3n) is 3.24. The number of nitrogens with zero attached hydrogens (tertiary/aromatic N) is 2. The minimum absolute atomic E-state index is 0.128. The normalized spacial score (nSPS) is 17.3. The average molecular weight is 246 g/mol. The zero-order valence-corrected chi connectivity index (χ0v) is 11.4. The monoisotopic (exact) mass is 246 g/mol. The summed E-state index contributed by atoms with van der Waals surface area (Å²) < 4.78 is 0. The Bertz CT molecular complexity index is 408. The van der Waals surface area contributed by atoms with Crippen molar-refractivity contribution in [1.82, 2.24) is 9.80 Å². The fourth-order valence-electron chi connectivity index (χ4n) is 2.02. The van der Waals surface area contributed by atoms with Crippen LogP contribution in [-0.4, -0.2) is 33.7 Å². The van der Waals surface area contributed by atoms with Gasteiger partial charge in [-0.2, -0.15) is 0 Å². The van der Waals surface area contributed by atoms with E-state index in [4.69, 9.17) is 0 Å². The molecule has 1 aliphatic heterocycles. The number of hydrogen-bond acceptors (Lipinski definition) is 3. The van der Waals surface area contributed by atoms with Crippen molar-refractivity contribution in [3.63, 3.8) is 0 Å². The van der Waals surface area contributed by atoms with Gasteiger partial charge in [-0.1, -0.05) is 30.3 Å². The van der Waals surface area contributed by atoms with Crippen molar-refractivity contribution >= 4 is 0 Å². The van der Waals surface area contributed by atoms with Gasteiger partial charge in [-0.25, -0.2) is 0 Å². The van der Waals surface area contributed by atoms with Crippen LogP contribution < -0.4 is 0 Å². The van der Waals surface area contributed by atoms with Gasteiger partial charge in [0.1, 0.15) is 0 Å². The molecule has 1 aromatic carbocycles. The van der Waals surface area contributed by atoms with Crippen LogP contribution in [0, 0.1) is 0 Å². The summed E-state index contributed by atoms with van der Waals surface area (Å²) in [7, 11) is 0. The fraction of sp³-hybridized carbons (Fsp3) is 0.467. The molecule has 0 saturated carbocycles. The lowest BCUT2D eigenvalue weighted by Crippen LogP contribution is -2.40. The van der Waals surface area contributed by atoms with Gasteiger partial charge in [-0.15, -0.1) is 0 Å². The molecule has 0 aliphatic carbocycles. The molecule has 0 unspecified atom stereocenters. The van der Waals surface area contributed by atoms with Gasteiger partial charge < -0.3 is 14.9 Å². The second-order valence-corrected chi connectivity index (χ2v) is 5.78. The second-order valence-electron chi connectivity index (χ2n) is 5.78. The minimum Gasteiger partial charge on any atom is -0.387 e. The first-order valence-electron chi connectivity index (χ1n) is 6.39. The first-order valence-corrected chi connectivity index (χ1v) is 6.39. The molecule has 3 heteroatoms. The predicted molar refractivity (Wildman–Crippen MR) is 73.7 cm³/mol. The van der Waals surface area contributed by atoms with Crippen LogP contribution in [0.25, 0.3) is 0 Å². The lowest BCUT2D eigenvalue weighted by atomic mass is 10.1. The summed E-state index contributed by atoms with van der Waals surface area (Å²) >= 11 is 0. The highest BCUT2D eigenvalue weighted by Crippen LogP contribution is 2.21. The van der Waals surface area contributed by atoms with Crippen LogP contribution in [0.15, 0.2) is 42.7 Å². The van der Waals surface area contributed by atoms with Crippen molar-refractivity contribution in [3.05, 3.63) is 48.3 Å². The van der Waals surface area contributed by atoms with Gasteiger partial charge in [0.2, 0.25) is 0 Å². The Balaban J connectivity index is 1.91. The predicted octanol–water partition coefficient (Wildman–Crippen LogP) is 2.56. The maximum atomic E-state index is 10.2. The van der Waals surface area contributed by atoms with E-state index in [2.05, 4.69) is 43.0 Å². The molecule has 0 saturated heterocycles. The summed E-state index contributed by atoms with van der Waals surface area (Å²) in [4.78, 5) is 4.41. The number of rotatable bonds is 3. The zero-order chi connectivity index (χ0) is 13.2. The quantitative estimate of drug-likeness (QED) is 0.888. The van der Waals surface area contributed by atoms with Crippen molar-refractivity contribution < 1.29 is 5.11 Å². The van der Waals surface area contributed by atoms with Gasteiger partial charge in [-0.3, -0.25) is 0 Å². The van der Waals surface area contributed by atoms with E-state index in [1.807, 2.05) is 30.3 Å². The molecule has 0 aromatic heterocycles. The lowest BCUT2D eigenvalue weighted by Gasteiger charge is -2.33. The average Bonchev–Trinajstić information content (AvgIpc) is 2.78. The van der Waals surface area contributed by atoms with Gasteiger partial charge in [-0.05, 0) is 26.3 Å². The molecule has 0 amide bonds. The van der Waals surface area contributed by atoms with E-state index >= 15 is 0 Å². The largest absolute Gasteiger partial charge is 0.387 e. The fourth-order valence-corrected chi connectivity index (χ4v) is 2.02. The summed E-state index contributed by atoms with van der Waals surface area (Å²) in [6.07, 6.45) is 3.71. The van der Waals surface area contributed by atoms with Crippen LogP contribution >= 0.6 is 0 Å². The van der Waals surface area contributed by atoms with E-state index in [0.717, 1.165) is 12.2 Å². The highest BCUT2D eigenvalue weighted by atomic mass is 16.3. The van der Waals surface area contributed by atoms with Crippen molar-refractivity contribution in [2.75, 3.05) is 13.2 Å². The van der Waals surface area contributed by atoms with Gasteiger partial charge in [0.05, 0.1) is 12.8 Å². The SMILES string of the molecule is CC(C)(C)N1C=CN(C[C@@H](O)c2ccccc2)C1. The molecule has 1 atom stereocenters. The molecule has 1 aliphatic rings. The molecular weight excluding hydrogens is 224 g/mol. The number of aliphatic hydroxyl groups is 1. The molecule has 1 N–H and O–H groups in total. The third-order valence-corrected chi connectivity index (χ3v) is 3.24. The topological polar surface area (TPSA) is 26.7 Å². The molecule has 1 aromatic rings. The molecule has 0 radical (unpaired) electrons. The summed E-state index contributed by atoms with van der Waals surface area (Å²) in [6.45, 7) is 8.04. The maximum absolute atomic E-state index is 10.2. The number of hydrogen-bond donors (Lipinski definition) is 1. The van der Waals surface area contributed by atoms with E-state index < -0.39 is 6.10 Å². The van der Waals surface area contributed by atoms with E-state index in [1.54, 1.807) is 0 Å².